The molecule has 1 aromatic carbocycles. The molecule has 0 unspecified atom stereocenters. The molecule has 0 bridgehead atoms. The van der Waals surface area contributed by atoms with Crippen LogP contribution in [0.25, 0.3) is 0 Å². The van der Waals surface area contributed by atoms with Crippen LogP contribution in [0.2, 0.25) is 0 Å². The minimum absolute atomic E-state index is 0.0320. The van der Waals surface area contributed by atoms with Gasteiger partial charge in [-0.25, -0.2) is 4.99 Å². The van der Waals surface area contributed by atoms with Gasteiger partial charge < -0.3 is 16.4 Å². The molecule has 0 saturated heterocycles. The molecule has 122 valence electrons. The van der Waals surface area contributed by atoms with Gasteiger partial charge in [-0.2, -0.15) is 0 Å². The first-order chi connectivity index (χ1) is 10.2. The van der Waals surface area contributed by atoms with Gasteiger partial charge in [0.05, 0.1) is 6.54 Å². The molecule has 5 nitrogen and oxygen atoms in total. The molecule has 0 fully saturated rings. The van der Waals surface area contributed by atoms with Crippen molar-refractivity contribution in [1.82, 2.24) is 5.32 Å². The number of anilines is 1. The van der Waals surface area contributed by atoms with E-state index in [0.717, 1.165) is 11.3 Å². The number of carbonyl (C=O) groups is 1. The summed E-state index contributed by atoms with van der Waals surface area (Å²) < 4.78 is 0. The van der Waals surface area contributed by atoms with Gasteiger partial charge in [0.2, 0.25) is 5.91 Å². The second kappa shape index (κ2) is 7.82. The number of hydrogen-bond acceptors (Lipinski definition) is 2. The monoisotopic (exact) mass is 304 g/mol. The first kappa shape index (κ1) is 18.0. The minimum atomic E-state index is -0.111. The van der Waals surface area contributed by atoms with E-state index in [2.05, 4.69) is 15.6 Å². The van der Waals surface area contributed by atoms with Gasteiger partial charge in [0.25, 0.3) is 0 Å². The van der Waals surface area contributed by atoms with Crippen LogP contribution >= 0.6 is 0 Å². The second-order valence-electron chi connectivity index (χ2n) is 6.92. The van der Waals surface area contributed by atoms with Crippen LogP contribution in [0.3, 0.4) is 0 Å². The van der Waals surface area contributed by atoms with Crippen LogP contribution in [0.15, 0.2) is 29.3 Å². The number of hydrogen-bond donors (Lipinski definition) is 3. The van der Waals surface area contributed by atoms with Crippen molar-refractivity contribution in [2.45, 2.75) is 53.1 Å². The Kier molecular flexibility index (Phi) is 6.40. The number of nitrogens with one attached hydrogen (secondary N) is 2. The zero-order valence-corrected chi connectivity index (χ0v) is 14.2. The van der Waals surface area contributed by atoms with Crippen LogP contribution in [0.1, 0.15) is 46.6 Å². The number of guanidine groups is 1. The lowest BCUT2D eigenvalue weighted by Crippen LogP contribution is -2.44. The van der Waals surface area contributed by atoms with Gasteiger partial charge in [-0.05, 0) is 44.4 Å². The molecule has 0 spiro atoms. The standard InChI is InChI=1S/C17H28N4O/c1-12(2)9-15(22)20-14-8-6-7-13(10-14)11-19-16(18)21-17(3,4)5/h6-8,10,12H,9,11H2,1-5H3,(H,20,22)(H3,18,19,21). The van der Waals surface area contributed by atoms with E-state index in [0.29, 0.717) is 24.8 Å². The third kappa shape index (κ3) is 7.67. The largest absolute Gasteiger partial charge is 0.370 e. The summed E-state index contributed by atoms with van der Waals surface area (Å²) >= 11 is 0. The highest BCUT2D eigenvalue weighted by atomic mass is 16.1. The van der Waals surface area contributed by atoms with E-state index in [1.165, 1.54) is 0 Å². The molecule has 1 rings (SSSR count). The predicted molar refractivity (Wildman–Crippen MR) is 92.7 cm³/mol. The van der Waals surface area contributed by atoms with Crippen LogP contribution in [0.5, 0.6) is 0 Å². The average Bonchev–Trinajstić information content (AvgIpc) is 2.33. The zero-order chi connectivity index (χ0) is 16.8. The number of aliphatic imine (C=N–C) groups is 1. The van der Waals surface area contributed by atoms with Crippen molar-refractivity contribution in [2.75, 3.05) is 5.32 Å². The molecule has 4 N–H and O–H groups in total. The molecule has 22 heavy (non-hydrogen) atoms. The minimum Gasteiger partial charge on any atom is -0.370 e. The van der Waals surface area contributed by atoms with Gasteiger partial charge in [-0.15, -0.1) is 0 Å². The molecule has 5 heteroatoms. The quantitative estimate of drug-likeness (QED) is 0.578. The molecule has 0 aliphatic rings. The summed E-state index contributed by atoms with van der Waals surface area (Å²) in [7, 11) is 0. The molecule has 0 heterocycles. The van der Waals surface area contributed by atoms with Crippen LogP contribution in [-0.2, 0) is 11.3 Å². The van der Waals surface area contributed by atoms with Gasteiger partial charge >= 0.3 is 0 Å². The number of carbonyl (C=O) groups excluding carboxylic acids is 1. The van der Waals surface area contributed by atoms with E-state index in [4.69, 9.17) is 5.73 Å². The van der Waals surface area contributed by atoms with Crippen LogP contribution in [-0.4, -0.2) is 17.4 Å². The SMILES string of the molecule is CC(C)CC(=O)Nc1cccc(CN=C(N)NC(C)(C)C)c1. The topological polar surface area (TPSA) is 79.5 Å². The Morgan fingerprint density at radius 1 is 1.32 bits per heavy atom. The van der Waals surface area contributed by atoms with Crippen molar-refractivity contribution in [1.29, 1.82) is 0 Å². The number of rotatable bonds is 5. The van der Waals surface area contributed by atoms with E-state index < -0.39 is 0 Å². The molecular formula is C17H28N4O. The number of benzene rings is 1. The van der Waals surface area contributed by atoms with E-state index in [1.807, 2.05) is 58.9 Å². The Bertz CT molecular complexity index is 530. The number of amides is 1. The lowest BCUT2D eigenvalue weighted by atomic mass is 10.1. The summed E-state index contributed by atoms with van der Waals surface area (Å²) in [5, 5.41) is 6.02. The van der Waals surface area contributed by atoms with Gasteiger partial charge in [0.15, 0.2) is 5.96 Å². The Morgan fingerprint density at radius 2 is 2.00 bits per heavy atom. The predicted octanol–water partition coefficient (Wildman–Crippen LogP) is 2.87. The maximum atomic E-state index is 11.8. The fourth-order valence-corrected chi connectivity index (χ4v) is 1.93. The summed E-state index contributed by atoms with van der Waals surface area (Å²) in [6.45, 7) is 10.6. The van der Waals surface area contributed by atoms with Crippen LogP contribution in [0, 0.1) is 5.92 Å². The highest BCUT2D eigenvalue weighted by molar-refractivity contribution is 5.90. The van der Waals surface area contributed by atoms with Crippen molar-refractivity contribution in [2.24, 2.45) is 16.6 Å². The Labute approximate surface area is 133 Å². The van der Waals surface area contributed by atoms with E-state index >= 15 is 0 Å². The van der Waals surface area contributed by atoms with Crippen molar-refractivity contribution in [3.05, 3.63) is 29.8 Å². The molecule has 0 aliphatic carbocycles. The molecule has 0 aliphatic heterocycles. The maximum absolute atomic E-state index is 11.8. The molecule has 0 radical (unpaired) electrons. The van der Waals surface area contributed by atoms with Gasteiger partial charge in [-0.3, -0.25) is 4.79 Å². The molecule has 0 aromatic heterocycles. The second-order valence-corrected chi connectivity index (χ2v) is 6.92. The zero-order valence-electron chi connectivity index (χ0n) is 14.2. The van der Waals surface area contributed by atoms with E-state index in [1.54, 1.807) is 0 Å². The van der Waals surface area contributed by atoms with Crippen LogP contribution in [0.4, 0.5) is 5.69 Å². The normalized spacial score (nSPS) is 12.4. The Hall–Kier alpha value is -2.04. The molecular weight excluding hydrogens is 276 g/mol. The fraction of sp³-hybridized carbons (Fsp3) is 0.529. The van der Waals surface area contributed by atoms with Crippen molar-refractivity contribution in [3.63, 3.8) is 0 Å². The van der Waals surface area contributed by atoms with Crippen molar-refractivity contribution in [3.8, 4) is 0 Å². The third-order valence-corrected chi connectivity index (χ3v) is 2.74. The third-order valence-electron chi connectivity index (χ3n) is 2.74. The van der Waals surface area contributed by atoms with E-state index in [-0.39, 0.29) is 11.4 Å². The fourth-order valence-electron chi connectivity index (χ4n) is 1.93. The van der Waals surface area contributed by atoms with Gasteiger partial charge in [0.1, 0.15) is 0 Å². The lowest BCUT2D eigenvalue weighted by molar-refractivity contribution is -0.116. The number of nitrogens with zero attached hydrogens (tertiary/aromatic N) is 1. The number of nitrogens with two attached hydrogens (primary N) is 1. The highest BCUT2D eigenvalue weighted by Crippen LogP contribution is 2.13. The Morgan fingerprint density at radius 3 is 2.59 bits per heavy atom. The first-order valence-corrected chi connectivity index (χ1v) is 7.62. The summed E-state index contributed by atoms with van der Waals surface area (Å²) in [5.41, 5.74) is 7.53. The smallest absolute Gasteiger partial charge is 0.224 e. The molecule has 0 saturated carbocycles. The van der Waals surface area contributed by atoms with Crippen molar-refractivity contribution >= 4 is 17.6 Å². The summed E-state index contributed by atoms with van der Waals surface area (Å²) in [6.07, 6.45) is 0.519. The van der Waals surface area contributed by atoms with E-state index in [9.17, 15) is 4.79 Å². The van der Waals surface area contributed by atoms with Gasteiger partial charge in [0, 0.05) is 17.6 Å². The summed E-state index contributed by atoms with van der Waals surface area (Å²) in [6, 6.07) is 7.67. The summed E-state index contributed by atoms with van der Waals surface area (Å²) in [4.78, 5) is 16.1. The van der Waals surface area contributed by atoms with Crippen LogP contribution < -0.4 is 16.4 Å². The average molecular weight is 304 g/mol. The first-order valence-electron chi connectivity index (χ1n) is 7.62. The highest BCUT2D eigenvalue weighted by Gasteiger charge is 2.09. The molecule has 1 amide bonds. The molecule has 0 atom stereocenters. The van der Waals surface area contributed by atoms with Gasteiger partial charge in [-0.1, -0.05) is 26.0 Å². The maximum Gasteiger partial charge on any atom is 0.224 e. The molecule has 1 aromatic rings. The Balaban J connectivity index is 2.64. The van der Waals surface area contributed by atoms with Crippen molar-refractivity contribution < 1.29 is 4.79 Å². The lowest BCUT2D eigenvalue weighted by Gasteiger charge is -2.21. The summed E-state index contributed by atoms with van der Waals surface area (Å²) in [5.74, 6) is 0.794.